The molecule has 0 saturated carbocycles. The molecule has 7 rings (SSSR count). The number of fused-ring (bicyclic) bond motifs is 9. The van der Waals surface area contributed by atoms with Crippen LogP contribution in [0.1, 0.15) is 27.8 Å². The molecule has 152 valence electrons. The van der Waals surface area contributed by atoms with Gasteiger partial charge in [-0.3, -0.25) is 0 Å². The monoisotopic (exact) mass is 428 g/mol. The van der Waals surface area contributed by atoms with Crippen LogP contribution < -0.4 is 4.74 Å². The van der Waals surface area contributed by atoms with E-state index in [9.17, 15) is 0 Å². The molecule has 2 aliphatic rings. The van der Waals surface area contributed by atoms with Crippen molar-refractivity contribution in [2.24, 2.45) is 0 Å². The quantitative estimate of drug-likeness (QED) is 0.241. The molecule has 0 aliphatic carbocycles. The van der Waals surface area contributed by atoms with Gasteiger partial charge in [0, 0.05) is 20.9 Å². The lowest BCUT2D eigenvalue weighted by Gasteiger charge is -2.45. The van der Waals surface area contributed by atoms with Gasteiger partial charge >= 0.3 is 0 Å². The van der Waals surface area contributed by atoms with Gasteiger partial charge in [0.1, 0.15) is 11.5 Å². The molecule has 0 fully saturated rings. The summed E-state index contributed by atoms with van der Waals surface area (Å²) in [5.74, 6) is 1.88. The lowest BCUT2D eigenvalue weighted by Crippen LogP contribution is -2.36. The second-order valence-electron chi connectivity index (χ2n) is 8.59. The number of ether oxygens (including phenoxy) is 1. The van der Waals surface area contributed by atoms with Gasteiger partial charge in [-0.1, -0.05) is 90.6 Å². The van der Waals surface area contributed by atoms with Gasteiger partial charge in [0.05, 0.1) is 5.41 Å². The maximum Gasteiger partial charge on any atom is 0.132 e. The van der Waals surface area contributed by atoms with E-state index in [1.807, 2.05) is 11.8 Å². The van der Waals surface area contributed by atoms with Gasteiger partial charge < -0.3 is 4.74 Å². The van der Waals surface area contributed by atoms with E-state index in [1.165, 1.54) is 48.4 Å². The molecule has 0 bridgehead atoms. The lowest BCUT2D eigenvalue weighted by atomic mass is 9.63. The van der Waals surface area contributed by atoms with Gasteiger partial charge in [-0.25, -0.2) is 0 Å². The molecule has 2 heteroatoms. The summed E-state index contributed by atoms with van der Waals surface area (Å²) in [4.78, 5) is 2.66. The van der Waals surface area contributed by atoms with Gasteiger partial charge in [0.25, 0.3) is 0 Å². The highest BCUT2D eigenvalue weighted by molar-refractivity contribution is 7.99. The van der Waals surface area contributed by atoms with E-state index in [0.29, 0.717) is 0 Å². The Balaban J connectivity index is 1.72. The van der Waals surface area contributed by atoms with Crippen LogP contribution in [-0.4, -0.2) is 0 Å². The summed E-state index contributed by atoms with van der Waals surface area (Å²) in [6, 6.07) is 37.3. The summed E-state index contributed by atoms with van der Waals surface area (Å²) in [6.45, 7) is 2.22. The Bertz CT molecular complexity index is 1540. The zero-order valence-corrected chi connectivity index (χ0v) is 18.4. The first-order valence-electron chi connectivity index (χ1n) is 10.9. The van der Waals surface area contributed by atoms with E-state index in [-0.39, 0.29) is 0 Å². The topological polar surface area (TPSA) is 9.23 Å². The van der Waals surface area contributed by atoms with Crippen LogP contribution in [0.5, 0.6) is 11.5 Å². The first-order chi connectivity index (χ1) is 15.8. The molecule has 0 amide bonds. The van der Waals surface area contributed by atoms with E-state index in [1.54, 1.807) is 0 Å². The second-order valence-corrected chi connectivity index (χ2v) is 9.65. The summed E-state index contributed by atoms with van der Waals surface area (Å²) in [5, 5.41) is 2.43. The van der Waals surface area contributed by atoms with Gasteiger partial charge in [-0.2, -0.15) is 0 Å². The number of para-hydroxylation sites is 1. The number of rotatable bonds is 0. The van der Waals surface area contributed by atoms with Crippen LogP contribution in [0.3, 0.4) is 0 Å². The van der Waals surface area contributed by atoms with Crippen molar-refractivity contribution in [3.05, 3.63) is 131 Å². The fourth-order valence-electron chi connectivity index (χ4n) is 5.51. The van der Waals surface area contributed by atoms with Gasteiger partial charge in [-0.05, 0) is 58.7 Å². The van der Waals surface area contributed by atoms with Crippen molar-refractivity contribution in [1.29, 1.82) is 0 Å². The minimum atomic E-state index is -0.419. The largest absolute Gasteiger partial charge is 0.457 e. The molecule has 1 unspecified atom stereocenters. The molecule has 2 aliphatic heterocycles. The van der Waals surface area contributed by atoms with Crippen molar-refractivity contribution in [3.63, 3.8) is 0 Å². The summed E-state index contributed by atoms with van der Waals surface area (Å²) < 4.78 is 6.57. The molecule has 0 radical (unpaired) electrons. The molecule has 1 atom stereocenters. The Hall–Kier alpha value is -3.49. The van der Waals surface area contributed by atoms with Crippen molar-refractivity contribution >= 4 is 22.5 Å². The van der Waals surface area contributed by atoms with Crippen LogP contribution in [0, 0.1) is 6.92 Å². The van der Waals surface area contributed by atoms with Gasteiger partial charge in [0.2, 0.25) is 0 Å². The van der Waals surface area contributed by atoms with Crippen LogP contribution in [0.15, 0.2) is 113 Å². The second kappa shape index (κ2) is 6.51. The molecule has 5 aromatic rings. The fraction of sp³-hybridized carbons (Fsp3) is 0.0667. The zero-order valence-electron chi connectivity index (χ0n) is 17.6. The van der Waals surface area contributed by atoms with Crippen molar-refractivity contribution in [3.8, 4) is 11.5 Å². The molecule has 1 spiro atoms. The summed E-state index contributed by atoms with van der Waals surface area (Å²) in [7, 11) is 0. The molecule has 0 saturated heterocycles. The minimum Gasteiger partial charge on any atom is -0.457 e. The summed E-state index contributed by atoms with van der Waals surface area (Å²) in [6.07, 6.45) is 0. The summed E-state index contributed by atoms with van der Waals surface area (Å²) in [5.41, 5.74) is 5.99. The fourth-order valence-corrected chi connectivity index (χ4v) is 6.77. The standard InChI is InChI=1S/C30H20OS/c1-19-9-8-14-24-29(19)32-28-16-7-5-13-23(28)30(24)22-12-4-6-15-26(22)31-27-18-21-11-3-2-10-20(21)17-25(27)30/h2-18H,1H3. The molecule has 5 aromatic carbocycles. The van der Waals surface area contributed by atoms with Crippen molar-refractivity contribution < 1.29 is 4.74 Å². The van der Waals surface area contributed by atoms with Crippen LogP contribution in [0.4, 0.5) is 0 Å². The first kappa shape index (κ1) is 18.1. The third-order valence-electron chi connectivity index (χ3n) is 6.88. The molecule has 1 nitrogen and oxygen atoms in total. The van der Waals surface area contributed by atoms with Crippen LogP contribution in [0.25, 0.3) is 10.8 Å². The highest BCUT2D eigenvalue weighted by atomic mass is 32.2. The van der Waals surface area contributed by atoms with Crippen LogP contribution in [0.2, 0.25) is 0 Å². The van der Waals surface area contributed by atoms with Gasteiger partial charge in [0.15, 0.2) is 0 Å². The number of aryl methyl sites for hydroxylation is 1. The maximum absolute atomic E-state index is 6.57. The maximum atomic E-state index is 6.57. The number of hydrogen-bond acceptors (Lipinski definition) is 2. The Morgan fingerprint density at radius 3 is 2.16 bits per heavy atom. The van der Waals surface area contributed by atoms with E-state index in [4.69, 9.17) is 4.74 Å². The van der Waals surface area contributed by atoms with E-state index in [0.717, 1.165) is 11.5 Å². The number of hydrogen-bond donors (Lipinski definition) is 0. The predicted octanol–water partition coefficient (Wildman–Crippen LogP) is 8.10. The number of benzene rings is 5. The van der Waals surface area contributed by atoms with Crippen LogP contribution >= 0.6 is 11.8 Å². The van der Waals surface area contributed by atoms with Crippen molar-refractivity contribution in [2.45, 2.75) is 22.1 Å². The third-order valence-corrected chi connectivity index (χ3v) is 8.20. The molecule has 0 N–H and O–H groups in total. The van der Waals surface area contributed by atoms with Crippen LogP contribution in [-0.2, 0) is 5.41 Å². The highest BCUT2D eigenvalue weighted by Gasteiger charge is 2.49. The van der Waals surface area contributed by atoms with E-state index >= 15 is 0 Å². The van der Waals surface area contributed by atoms with Gasteiger partial charge in [-0.15, -0.1) is 0 Å². The zero-order chi connectivity index (χ0) is 21.3. The minimum absolute atomic E-state index is 0.419. The molecular formula is C30H20OS. The van der Waals surface area contributed by atoms with Crippen molar-refractivity contribution in [2.75, 3.05) is 0 Å². The normalized spacial score (nSPS) is 17.8. The van der Waals surface area contributed by atoms with E-state index in [2.05, 4.69) is 110 Å². The predicted molar refractivity (Wildman–Crippen MR) is 131 cm³/mol. The molecule has 2 heterocycles. The molecule has 32 heavy (non-hydrogen) atoms. The SMILES string of the molecule is Cc1cccc2c1Sc1ccccc1C21c2ccccc2Oc2cc3ccccc3cc21. The smallest absolute Gasteiger partial charge is 0.132 e. The Morgan fingerprint density at radius 2 is 1.28 bits per heavy atom. The highest BCUT2D eigenvalue weighted by Crippen LogP contribution is 2.62. The molecular weight excluding hydrogens is 408 g/mol. The Kier molecular flexibility index (Phi) is 3.68. The first-order valence-corrected chi connectivity index (χ1v) is 11.8. The molecule has 0 aromatic heterocycles. The summed E-state index contributed by atoms with van der Waals surface area (Å²) >= 11 is 1.89. The average molecular weight is 429 g/mol. The third kappa shape index (κ3) is 2.25. The van der Waals surface area contributed by atoms with Crippen molar-refractivity contribution in [1.82, 2.24) is 0 Å². The van der Waals surface area contributed by atoms with E-state index < -0.39 is 5.41 Å². The lowest BCUT2D eigenvalue weighted by molar-refractivity contribution is 0.432. The Labute approximate surface area is 191 Å². The Morgan fingerprint density at radius 1 is 0.594 bits per heavy atom. The average Bonchev–Trinajstić information content (AvgIpc) is 2.83.